The number of hydrogen-bond acceptors (Lipinski definition) is 7. The standard InChI is InChI=1S/C22H24N2O6/c1-28-17-6-8-18(9-7-17)30-14-15-4-3-5-16(12-15)23-20-19(22(27)29-2)13-24(10-11-25)21(20)26/h3-9,12,23,25H,10-11,13-14H2,1-2H3. The molecule has 0 fully saturated rings. The highest BCUT2D eigenvalue weighted by Gasteiger charge is 2.34. The summed E-state index contributed by atoms with van der Waals surface area (Å²) in [6, 6.07) is 14.6. The van der Waals surface area contributed by atoms with E-state index >= 15 is 0 Å². The maximum absolute atomic E-state index is 12.6. The molecule has 0 aliphatic carbocycles. The highest BCUT2D eigenvalue weighted by molar-refractivity contribution is 6.08. The molecule has 8 nitrogen and oxygen atoms in total. The van der Waals surface area contributed by atoms with Crippen LogP contribution < -0.4 is 14.8 Å². The number of β-amino-alcohol motifs (C(OH)–C–C–N with tert-alkyl or cyclic N) is 1. The first-order chi connectivity index (χ1) is 14.5. The molecule has 2 aromatic rings. The van der Waals surface area contributed by atoms with Crippen LogP contribution in [0.3, 0.4) is 0 Å². The number of carbonyl (C=O) groups is 2. The minimum Gasteiger partial charge on any atom is -0.497 e. The predicted molar refractivity (Wildman–Crippen MR) is 110 cm³/mol. The molecule has 2 N–H and O–H groups in total. The smallest absolute Gasteiger partial charge is 0.337 e. The molecule has 0 unspecified atom stereocenters. The number of rotatable bonds is 9. The molecule has 1 aliphatic rings. The van der Waals surface area contributed by atoms with Gasteiger partial charge in [-0.1, -0.05) is 12.1 Å². The second kappa shape index (κ2) is 9.80. The molecular formula is C22H24N2O6. The largest absolute Gasteiger partial charge is 0.497 e. The Morgan fingerprint density at radius 1 is 1.13 bits per heavy atom. The van der Waals surface area contributed by atoms with Gasteiger partial charge in [-0.3, -0.25) is 4.79 Å². The minimum absolute atomic E-state index is 0.0919. The van der Waals surface area contributed by atoms with Gasteiger partial charge in [0.15, 0.2) is 0 Å². The molecule has 0 spiro atoms. The first-order valence-corrected chi connectivity index (χ1v) is 9.40. The van der Waals surface area contributed by atoms with Gasteiger partial charge in [-0.2, -0.15) is 0 Å². The molecule has 0 saturated heterocycles. The molecular weight excluding hydrogens is 388 g/mol. The van der Waals surface area contributed by atoms with E-state index in [4.69, 9.17) is 19.3 Å². The van der Waals surface area contributed by atoms with Crippen molar-refractivity contribution in [1.82, 2.24) is 4.90 Å². The van der Waals surface area contributed by atoms with Gasteiger partial charge in [0.25, 0.3) is 5.91 Å². The summed E-state index contributed by atoms with van der Waals surface area (Å²) in [5, 5.41) is 12.2. The zero-order chi connectivity index (χ0) is 21.5. The number of methoxy groups -OCH3 is 2. The van der Waals surface area contributed by atoms with Crippen LogP contribution in [0, 0.1) is 0 Å². The number of aliphatic hydroxyl groups is 1. The van der Waals surface area contributed by atoms with E-state index in [1.54, 1.807) is 13.2 Å². The van der Waals surface area contributed by atoms with Crippen molar-refractivity contribution in [1.29, 1.82) is 0 Å². The summed E-state index contributed by atoms with van der Waals surface area (Å²) in [5.41, 5.74) is 1.91. The van der Waals surface area contributed by atoms with Gasteiger partial charge in [-0.25, -0.2) is 4.79 Å². The Balaban J connectivity index is 1.72. The third kappa shape index (κ3) is 4.90. The molecule has 3 rings (SSSR count). The number of ether oxygens (including phenoxy) is 3. The van der Waals surface area contributed by atoms with Gasteiger partial charge in [-0.05, 0) is 42.0 Å². The van der Waals surface area contributed by atoms with Crippen LogP contribution in [0.15, 0.2) is 59.8 Å². The number of nitrogens with one attached hydrogen (secondary N) is 1. The molecule has 8 heteroatoms. The van der Waals surface area contributed by atoms with Crippen molar-refractivity contribution in [2.45, 2.75) is 6.61 Å². The molecule has 0 radical (unpaired) electrons. The third-order valence-electron chi connectivity index (χ3n) is 4.61. The molecule has 1 amide bonds. The van der Waals surface area contributed by atoms with Crippen molar-refractivity contribution in [3.63, 3.8) is 0 Å². The van der Waals surface area contributed by atoms with E-state index in [0.29, 0.717) is 18.0 Å². The fourth-order valence-electron chi connectivity index (χ4n) is 3.07. The molecule has 30 heavy (non-hydrogen) atoms. The van der Waals surface area contributed by atoms with E-state index in [1.807, 2.05) is 42.5 Å². The van der Waals surface area contributed by atoms with Crippen molar-refractivity contribution >= 4 is 17.6 Å². The Kier molecular flexibility index (Phi) is 6.92. The summed E-state index contributed by atoms with van der Waals surface area (Å²) in [5.74, 6) is 0.518. The molecule has 0 aromatic heterocycles. The van der Waals surface area contributed by atoms with E-state index in [0.717, 1.165) is 11.3 Å². The van der Waals surface area contributed by atoms with Gasteiger partial charge in [-0.15, -0.1) is 0 Å². The summed E-state index contributed by atoms with van der Waals surface area (Å²) in [7, 11) is 2.87. The van der Waals surface area contributed by atoms with Gasteiger partial charge < -0.3 is 29.5 Å². The van der Waals surface area contributed by atoms with Crippen LogP contribution in [0.2, 0.25) is 0 Å². The normalized spacial score (nSPS) is 13.4. The molecule has 0 atom stereocenters. The van der Waals surface area contributed by atoms with Gasteiger partial charge in [0.05, 0.1) is 32.9 Å². The van der Waals surface area contributed by atoms with Crippen molar-refractivity contribution in [2.75, 3.05) is 39.2 Å². The maximum Gasteiger partial charge on any atom is 0.337 e. The second-order valence-electron chi connectivity index (χ2n) is 6.59. The van der Waals surface area contributed by atoms with Crippen LogP contribution in [0.1, 0.15) is 5.56 Å². The summed E-state index contributed by atoms with van der Waals surface area (Å²) in [6.07, 6.45) is 0. The third-order valence-corrected chi connectivity index (χ3v) is 4.61. The number of anilines is 1. The number of esters is 1. The lowest BCUT2D eigenvalue weighted by molar-refractivity contribution is -0.136. The van der Waals surface area contributed by atoms with Crippen LogP contribution in [0.4, 0.5) is 5.69 Å². The number of aliphatic hydroxyl groups excluding tert-OH is 1. The number of nitrogens with zero attached hydrogens (tertiary/aromatic N) is 1. The molecule has 1 heterocycles. The fraction of sp³-hybridized carbons (Fsp3) is 0.273. The summed E-state index contributed by atoms with van der Waals surface area (Å²) in [6.45, 7) is 0.371. The van der Waals surface area contributed by atoms with Crippen LogP contribution in [-0.2, 0) is 20.9 Å². The van der Waals surface area contributed by atoms with E-state index in [9.17, 15) is 9.59 Å². The molecule has 158 valence electrons. The Bertz CT molecular complexity index is 939. The topological polar surface area (TPSA) is 97.3 Å². The van der Waals surface area contributed by atoms with Gasteiger partial charge in [0, 0.05) is 12.2 Å². The van der Waals surface area contributed by atoms with Crippen LogP contribution in [0.5, 0.6) is 11.5 Å². The predicted octanol–water partition coefficient (Wildman–Crippen LogP) is 1.95. The van der Waals surface area contributed by atoms with E-state index in [-0.39, 0.29) is 36.9 Å². The summed E-state index contributed by atoms with van der Waals surface area (Å²) >= 11 is 0. The minimum atomic E-state index is -0.578. The van der Waals surface area contributed by atoms with Crippen molar-refractivity contribution in [3.8, 4) is 11.5 Å². The average Bonchev–Trinajstić information content (AvgIpc) is 3.08. The van der Waals surface area contributed by atoms with Crippen LogP contribution >= 0.6 is 0 Å². The SMILES string of the molecule is COC(=O)C1=C(Nc2cccc(COc3ccc(OC)cc3)c2)C(=O)N(CCO)C1. The molecule has 0 saturated carbocycles. The summed E-state index contributed by atoms with van der Waals surface area (Å²) < 4.78 is 15.7. The van der Waals surface area contributed by atoms with E-state index in [2.05, 4.69) is 5.32 Å². The number of amides is 1. The number of benzene rings is 2. The Morgan fingerprint density at radius 3 is 2.53 bits per heavy atom. The lowest BCUT2D eigenvalue weighted by Gasteiger charge is -2.15. The highest BCUT2D eigenvalue weighted by Crippen LogP contribution is 2.24. The first kappa shape index (κ1) is 21.2. The lowest BCUT2D eigenvalue weighted by atomic mass is 10.2. The molecule has 0 bridgehead atoms. The van der Waals surface area contributed by atoms with E-state index < -0.39 is 5.97 Å². The van der Waals surface area contributed by atoms with Crippen molar-refractivity contribution in [3.05, 3.63) is 65.4 Å². The quantitative estimate of drug-likeness (QED) is 0.608. The Labute approximate surface area is 174 Å². The van der Waals surface area contributed by atoms with E-state index in [1.165, 1.54) is 12.0 Å². The van der Waals surface area contributed by atoms with Crippen LogP contribution in [0.25, 0.3) is 0 Å². The lowest BCUT2D eigenvalue weighted by Crippen LogP contribution is -2.31. The second-order valence-corrected chi connectivity index (χ2v) is 6.59. The Morgan fingerprint density at radius 2 is 1.87 bits per heavy atom. The van der Waals surface area contributed by atoms with Gasteiger partial charge in [0.1, 0.15) is 23.8 Å². The molecule has 2 aromatic carbocycles. The van der Waals surface area contributed by atoms with Gasteiger partial charge in [0.2, 0.25) is 0 Å². The van der Waals surface area contributed by atoms with Gasteiger partial charge >= 0.3 is 5.97 Å². The zero-order valence-electron chi connectivity index (χ0n) is 16.9. The summed E-state index contributed by atoms with van der Waals surface area (Å²) in [4.78, 5) is 26.1. The first-order valence-electron chi connectivity index (χ1n) is 9.40. The fourth-order valence-corrected chi connectivity index (χ4v) is 3.07. The molecule has 1 aliphatic heterocycles. The number of hydrogen-bond donors (Lipinski definition) is 2. The highest BCUT2D eigenvalue weighted by atomic mass is 16.5. The van der Waals surface area contributed by atoms with Crippen LogP contribution in [-0.4, -0.2) is 55.8 Å². The number of carbonyl (C=O) groups excluding carboxylic acids is 2. The Hall–Kier alpha value is -3.52. The maximum atomic E-state index is 12.6. The monoisotopic (exact) mass is 412 g/mol. The average molecular weight is 412 g/mol. The van der Waals surface area contributed by atoms with Crippen molar-refractivity contribution < 1.29 is 28.9 Å². The zero-order valence-corrected chi connectivity index (χ0v) is 16.9. The van der Waals surface area contributed by atoms with Crippen molar-refractivity contribution in [2.24, 2.45) is 0 Å².